The van der Waals surface area contributed by atoms with Gasteiger partial charge in [0, 0.05) is 19.4 Å². The summed E-state index contributed by atoms with van der Waals surface area (Å²) in [6.07, 6.45) is 34.2. The molecule has 8 heteroatoms. The minimum atomic E-state index is -0.954. The van der Waals surface area contributed by atoms with Crippen molar-refractivity contribution in [3.05, 3.63) is 145 Å². The molecule has 0 unspecified atom stereocenters. The molecule has 0 fully saturated rings. The Morgan fingerprint density at radius 2 is 1.32 bits per heavy atom. The van der Waals surface area contributed by atoms with E-state index in [1.54, 1.807) is 91.1 Å². The number of carbonyl (C=O) groups is 5. The van der Waals surface area contributed by atoms with E-state index in [9.17, 15) is 24.0 Å². The number of nitrogens with zero attached hydrogens (tertiary/aromatic N) is 1. The van der Waals surface area contributed by atoms with Gasteiger partial charge in [0.15, 0.2) is 11.5 Å². The summed E-state index contributed by atoms with van der Waals surface area (Å²) in [6.45, 7) is -0.202. The average molecular weight is 552 g/mol. The van der Waals surface area contributed by atoms with Crippen LogP contribution in [0.25, 0.3) is 0 Å². The van der Waals surface area contributed by atoms with Gasteiger partial charge in [-0.3, -0.25) is 24.1 Å². The molecule has 41 heavy (non-hydrogen) atoms. The van der Waals surface area contributed by atoms with E-state index < -0.39 is 17.7 Å². The summed E-state index contributed by atoms with van der Waals surface area (Å²) in [4.78, 5) is 63.6. The molecule has 0 N–H and O–H groups in total. The predicted molar refractivity (Wildman–Crippen MR) is 155 cm³/mol. The van der Waals surface area contributed by atoms with Crippen molar-refractivity contribution in [1.29, 1.82) is 0 Å². The molecule has 0 radical (unpaired) electrons. The molecular weight excluding hydrogens is 522 g/mol. The number of esters is 1. The van der Waals surface area contributed by atoms with Gasteiger partial charge in [-0.15, -0.1) is 0 Å². The maximum atomic E-state index is 13.0. The maximum absolute atomic E-state index is 13.0. The summed E-state index contributed by atoms with van der Waals surface area (Å²) in [7, 11) is 0. The van der Waals surface area contributed by atoms with Crippen LogP contribution in [0.1, 0.15) is 12.8 Å². The van der Waals surface area contributed by atoms with Crippen molar-refractivity contribution in [2.24, 2.45) is 0 Å². The monoisotopic (exact) mass is 551 g/mol. The number of ether oxygens (including phenoxy) is 2. The Morgan fingerprint density at radius 1 is 0.634 bits per heavy atom. The third-order valence-electron chi connectivity index (χ3n) is 5.45. The number of Topliss-reactive ketones (excluding diaryl/α,β-unsaturated/α-hetero) is 2. The molecule has 3 aliphatic heterocycles. The number of hydrogen-bond donors (Lipinski definition) is 0. The molecule has 3 heterocycles. The van der Waals surface area contributed by atoms with Crippen LogP contribution in [0.5, 0.6) is 0 Å². The molecule has 3 aliphatic rings. The van der Waals surface area contributed by atoms with E-state index in [2.05, 4.69) is 0 Å². The largest absolute Gasteiger partial charge is 0.461 e. The van der Waals surface area contributed by atoms with Crippen LogP contribution < -0.4 is 0 Å². The summed E-state index contributed by atoms with van der Waals surface area (Å²) < 4.78 is 10.8. The molecule has 0 saturated heterocycles. The van der Waals surface area contributed by atoms with E-state index in [0.29, 0.717) is 5.76 Å². The Bertz CT molecular complexity index is 1420. The highest BCUT2D eigenvalue weighted by Gasteiger charge is 2.32. The third-order valence-corrected chi connectivity index (χ3v) is 5.45. The normalized spacial score (nSPS) is 25.4. The standard InChI is InChI=1S/C33H29NO7/c35-26-16-9-6-4-2-1-3-5-7-12-19-28-20-15-22-30(41-28)31(37)32(38)34-24-14-13-21-29(34)33(39)40-25-23-27(36)18-11-8-10-17-26/h1-17,19-22H,18,23-25H2/b2-1-,5-3-,6-4-,11-8?,12-7-,16-9-,17-10-,28-19+. The number of hydrogen-bond acceptors (Lipinski definition) is 7. The van der Waals surface area contributed by atoms with Crippen LogP contribution in [0, 0.1) is 0 Å². The van der Waals surface area contributed by atoms with E-state index >= 15 is 0 Å². The topological polar surface area (TPSA) is 107 Å². The quantitative estimate of drug-likeness (QED) is 0.321. The first-order chi connectivity index (χ1) is 20.0. The second-order valence-electron chi connectivity index (χ2n) is 8.50. The molecule has 0 saturated carbocycles. The zero-order valence-electron chi connectivity index (χ0n) is 22.3. The third kappa shape index (κ3) is 10.4. The van der Waals surface area contributed by atoms with E-state index in [4.69, 9.17) is 9.47 Å². The highest BCUT2D eigenvalue weighted by atomic mass is 16.5. The Labute approximate surface area is 238 Å². The van der Waals surface area contributed by atoms with Crippen LogP contribution in [-0.2, 0) is 33.4 Å². The van der Waals surface area contributed by atoms with Crippen molar-refractivity contribution in [2.45, 2.75) is 12.8 Å². The van der Waals surface area contributed by atoms with Gasteiger partial charge < -0.3 is 9.47 Å². The van der Waals surface area contributed by atoms with E-state index in [1.807, 2.05) is 6.08 Å². The number of carbonyl (C=O) groups excluding carboxylic acids is 5. The van der Waals surface area contributed by atoms with Crippen LogP contribution in [0.15, 0.2) is 145 Å². The minimum absolute atomic E-state index is 0.00777. The van der Waals surface area contributed by atoms with Gasteiger partial charge in [0.25, 0.3) is 5.78 Å². The van der Waals surface area contributed by atoms with E-state index in [0.717, 1.165) is 4.90 Å². The van der Waals surface area contributed by atoms with Crippen molar-refractivity contribution in [2.75, 3.05) is 13.2 Å². The number of allylic oxidation sites excluding steroid dienone is 20. The molecular formula is C33H29NO7. The fourth-order valence-electron chi connectivity index (χ4n) is 3.42. The van der Waals surface area contributed by atoms with Crippen molar-refractivity contribution in [3.8, 4) is 0 Å². The zero-order chi connectivity index (χ0) is 29.3. The second kappa shape index (κ2) is 16.6. The van der Waals surface area contributed by atoms with Crippen LogP contribution in [0.2, 0.25) is 0 Å². The molecule has 0 aromatic heterocycles. The van der Waals surface area contributed by atoms with Crippen molar-refractivity contribution < 1.29 is 33.4 Å². The van der Waals surface area contributed by atoms with Gasteiger partial charge in [-0.2, -0.15) is 0 Å². The molecule has 8 nitrogen and oxygen atoms in total. The first-order valence-corrected chi connectivity index (χ1v) is 12.9. The summed E-state index contributed by atoms with van der Waals surface area (Å²) in [5, 5.41) is 0. The van der Waals surface area contributed by atoms with Crippen molar-refractivity contribution in [1.82, 2.24) is 4.90 Å². The van der Waals surface area contributed by atoms with Gasteiger partial charge >= 0.3 is 11.9 Å². The molecule has 0 spiro atoms. The molecule has 0 aromatic rings. The second-order valence-corrected chi connectivity index (χ2v) is 8.50. The van der Waals surface area contributed by atoms with Gasteiger partial charge in [0.05, 0.1) is 6.61 Å². The lowest BCUT2D eigenvalue weighted by Crippen LogP contribution is -2.41. The van der Waals surface area contributed by atoms with E-state index in [1.165, 1.54) is 30.4 Å². The Balaban J connectivity index is 1.75. The Morgan fingerprint density at radius 3 is 2.07 bits per heavy atom. The van der Waals surface area contributed by atoms with E-state index in [-0.39, 0.29) is 49.0 Å². The summed E-state index contributed by atoms with van der Waals surface area (Å²) >= 11 is 0. The van der Waals surface area contributed by atoms with Crippen LogP contribution >= 0.6 is 0 Å². The lowest BCUT2D eigenvalue weighted by atomic mass is 10.1. The number of fused-ring (bicyclic) bond motifs is 3. The first-order valence-electron chi connectivity index (χ1n) is 12.9. The molecule has 0 aromatic carbocycles. The molecule has 208 valence electrons. The Kier molecular flexibility index (Phi) is 12.2. The van der Waals surface area contributed by atoms with Crippen LogP contribution in [0.4, 0.5) is 0 Å². The van der Waals surface area contributed by atoms with Gasteiger partial charge in [-0.1, -0.05) is 91.1 Å². The fourth-order valence-corrected chi connectivity index (χ4v) is 3.42. The smallest absolute Gasteiger partial charge is 0.355 e. The summed E-state index contributed by atoms with van der Waals surface area (Å²) in [6, 6.07) is 0. The maximum Gasteiger partial charge on any atom is 0.355 e. The van der Waals surface area contributed by atoms with Crippen molar-refractivity contribution in [3.63, 3.8) is 0 Å². The van der Waals surface area contributed by atoms with Gasteiger partial charge in [-0.05, 0) is 36.5 Å². The average Bonchev–Trinajstić information content (AvgIpc) is 2.98. The Hall–Kier alpha value is -5.37. The first kappa shape index (κ1) is 30.2. The predicted octanol–water partition coefficient (Wildman–Crippen LogP) is 4.56. The molecule has 1 amide bonds. The van der Waals surface area contributed by atoms with Crippen LogP contribution in [0.3, 0.4) is 0 Å². The van der Waals surface area contributed by atoms with Gasteiger partial charge in [0.2, 0.25) is 0 Å². The van der Waals surface area contributed by atoms with Gasteiger partial charge in [-0.25, -0.2) is 4.79 Å². The van der Waals surface area contributed by atoms with Crippen LogP contribution in [-0.4, -0.2) is 47.3 Å². The highest BCUT2D eigenvalue weighted by Crippen LogP contribution is 2.19. The molecule has 0 atom stereocenters. The van der Waals surface area contributed by atoms with Gasteiger partial charge in [0.1, 0.15) is 17.2 Å². The van der Waals surface area contributed by atoms with Crippen molar-refractivity contribution >= 4 is 29.2 Å². The molecule has 3 rings (SSSR count). The lowest BCUT2D eigenvalue weighted by Gasteiger charge is -2.24. The number of ketones is 3. The fraction of sp³-hybridized carbons (Fsp3) is 0.121. The molecule has 0 aliphatic carbocycles. The number of amides is 1. The minimum Gasteiger partial charge on any atom is -0.461 e. The molecule has 2 bridgehead atoms. The zero-order valence-corrected chi connectivity index (χ0v) is 22.3. The summed E-state index contributed by atoms with van der Waals surface area (Å²) in [5.74, 6) is -2.93. The SMILES string of the molecule is O=C1/C=C\C=CCC(=O)CCOC(=O)C2=CC=CCN2C(=O)C(=O)C2=CC=C\C(=C/C=C\C=C/C=C\C=C/C=C\1)O2. The lowest BCUT2D eigenvalue weighted by molar-refractivity contribution is -0.147. The number of cyclic esters (lactones) is 1. The number of rotatable bonds is 0. The summed E-state index contributed by atoms with van der Waals surface area (Å²) in [5.41, 5.74) is -0.118. The highest BCUT2D eigenvalue weighted by molar-refractivity contribution is 6.42.